The van der Waals surface area contributed by atoms with Gasteiger partial charge < -0.3 is 14.9 Å². The Bertz CT molecular complexity index is 696. The molecule has 0 atom stereocenters. The van der Waals surface area contributed by atoms with E-state index in [1.807, 2.05) is 0 Å². The van der Waals surface area contributed by atoms with Crippen molar-refractivity contribution in [3.8, 4) is 0 Å². The Morgan fingerprint density at radius 3 is 2.83 bits per heavy atom. The van der Waals surface area contributed by atoms with Gasteiger partial charge in [0.15, 0.2) is 6.61 Å². The zero-order valence-corrected chi connectivity index (χ0v) is 13.4. The molecule has 2 aromatic rings. The Morgan fingerprint density at radius 1 is 1.35 bits per heavy atom. The lowest BCUT2D eigenvalue weighted by Gasteiger charge is -2.08. The smallest absolute Gasteiger partial charge is 0.337 e. The molecule has 8 nitrogen and oxygen atoms in total. The number of aromatic nitrogens is 3. The molecular formula is C15H20N4O4. The quantitative estimate of drug-likeness (QED) is 0.759. The van der Waals surface area contributed by atoms with Gasteiger partial charge in [-0.1, -0.05) is 18.7 Å². The molecule has 1 heterocycles. The van der Waals surface area contributed by atoms with E-state index in [1.165, 1.54) is 7.11 Å². The summed E-state index contributed by atoms with van der Waals surface area (Å²) in [5, 5.41) is 10.5. The van der Waals surface area contributed by atoms with Gasteiger partial charge in [-0.05, 0) is 35.8 Å². The van der Waals surface area contributed by atoms with Crippen LogP contribution < -0.4 is 10.2 Å². The summed E-state index contributed by atoms with van der Waals surface area (Å²) >= 11 is 0. The molecule has 0 saturated carbocycles. The van der Waals surface area contributed by atoms with Crippen LogP contribution in [0.5, 0.6) is 0 Å². The zero-order valence-electron chi connectivity index (χ0n) is 13.4. The van der Waals surface area contributed by atoms with Crippen LogP contribution in [0, 0.1) is 5.92 Å². The first kappa shape index (κ1) is 16.7. The normalized spacial score (nSPS) is 10.8. The average Bonchev–Trinajstić information content (AvgIpc) is 2.94. The number of hydrogen-bond donors (Lipinski definition) is 1. The second-order valence-corrected chi connectivity index (χ2v) is 5.46. The largest absolute Gasteiger partial charge is 0.465 e. The van der Waals surface area contributed by atoms with Crippen LogP contribution in [0.25, 0.3) is 11.0 Å². The molecule has 2 rings (SSSR count). The molecule has 124 valence electrons. The van der Waals surface area contributed by atoms with Crippen molar-refractivity contribution in [2.24, 2.45) is 5.92 Å². The van der Waals surface area contributed by atoms with E-state index in [0.29, 0.717) is 29.1 Å². The fourth-order valence-electron chi connectivity index (χ4n) is 1.91. The highest BCUT2D eigenvalue weighted by Crippen LogP contribution is 2.13. The lowest BCUT2D eigenvalue weighted by molar-refractivity contribution is -0.126. The number of rotatable bonds is 7. The van der Waals surface area contributed by atoms with Crippen LogP contribution in [-0.2, 0) is 9.53 Å². The topological polar surface area (TPSA) is 95.3 Å². The van der Waals surface area contributed by atoms with Crippen LogP contribution in [0.2, 0.25) is 0 Å². The van der Waals surface area contributed by atoms with Gasteiger partial charge in [-0.3, -0.25) is 4.79 Å². The summed E-state index contributed by atoms with van der Waals surface area (Å²) in [6, 6.07) is 4.78. The highest BCUT2D eigenvalue weighted by atomic mass is 16.7. The van der Waals surface area contributed by atoms with Crippen LogP contribution in [0.3, 0.4) is 0 Å². The zero-order chi connectivity index (χ0) is 16.8. The average molecular weight is 320 g/mol. The molecular weight excluding hydrogens is 300 g/mol. The van der Waals surface area contributed by atoms with Gasteiger partial charge in [0.2, 0.25) is 0 Å². The first-order valence-corrected chi connectivity index (χ1v) is 7.35. The number of benzene rings is 1. The van der Waals surface area contributed by atoms with E-state index in [1.54, 1.807) is 18.2 Å². The fraction of sp³-hybridized carbons (Fsp3) is 0.467. The predicted octanol–water partition coefficient (Wildman–Crippen LogP) is 0.809. The lowest BCUT2D eigenvalue weighted by Crippen LogP contribution is -2.33. The fourth-order valence-corrected chi connectivity index (χ4v) is 1.91. The Balaban J connectivity index is 2.00. The van der Waals surface area contributed by atoms with E-state index < -0.39 is 5.97 Å². The van der Waals surface area contributed by atoms with E-state index in [4.69, 9.17) is 4.84 Å². The van der Waals surface area contributed by atoms with Gasteiger partial charge in [0, 0.05) is 6.54 Å². The van der Waals surface area contributed by atoms with Crippen LogP contribution in [0.4, 0.5) is 0 Å². The van der Waals surface area contributed by atoms with Crippen molar-refractivity contribution in [3.63, 3.8) is 0 Å². The number of nitrogens with one attached hydrogen (secondary N) is 1. The summed E-state index contributed by atoms with van der Waals surface area (Å²) in [7, 11) is 1.31. The molecule has 0 unspecified atom stereocenters. The first-order chi connectivity index (χ1) is 11.0. The number of carbonyl (C=O) groups is 2. The van der Waals surface area contributed by atoms with Gasteiger partial charge in [0.05, 0.1) is 12.7 Å². The molecule has 0 fully saturated rings. The maximum atomic E-state index is 11.7. The molecule has 1 amide bonds. The van der Waals surface area contributed by atoms with E-state index in [9.17, 15) is 9.59 Å². The second kappa shape index (κ2) is 7.57. The van der Waals surface area contributed by atoms with Crippen molar-refractivity contribution in [2.75, 3.05) is 20.3 Å². The summed E-state index contributed by atoms with van der Waals surface area (Å²) < 4.78 is 4.67. The number of nitrogens with zero attached hydrogens (tertiary/aromatic N) is 3. The van der Waals surface area contributed by atoms with Crippen LogP contribution in [0.1, 0.15) is 30.6 Å². The van der Waals surface area contributed by atoms with E-state index in [2.05, 4.69) is 34.2 Å². The molecule has 1 aromatic heterocycles. The molecule has 8 heteroatoms. The van der Waals surface area contributed by atoms with Gasteiger partial charge in [0.25, 0.3) is 5.91 Å². The summed E-state index contributed by atoms with van der Waals surface area (Å²) in [4.78, 5) is 29.7. The number of esters is 1. The number of carbonyl (C=O) groups excluding carboxylic acids is 2. The highest BCUT2D eigenvalue weighted by Gasteiger charge is 2.12. The third kappa shape index (κ3) is 4.41. The third-order valence-electron chi connectivity index (χ3n) is 3.20. The minimum atomic E-state index is -0.467. The summed E-state index contributed by atoms with van der Waals surface area (Å²) in [6.45, 7) is 4.59. The summed E-state index contributed by atoms with van der Waals surface area (Å²) in [6.07, 6.45) is 0.903. The third-order valence-corrected chi connectivity index (χ3v) is 3.20. The molecule has 0 saturated heterocycles. The molecule has 1 aromatic carbocycles. The Morgan fingerprint density at radius 2 is 2.13 bits per heavy atom. The number of fused-ring (bicyclic) bond motifs is 1. The molecule has 23 heavy (non-hydrogen) atoms. The first-order valence-electron chi connectivity index (χ1n) is 7.35. The summed E-state index contributed by atoms with van der Waals surface area (Å²) in [5.41, 5.74) is 1.40. The monoisotopic (exact) mass is 320 g/mol. The van der Waals surface area contributed by atoms with Crippen molar-refractivity contribution in [1.29, 1.82) is 0 Å². The number of methoxy groups -OCH3 is 1. The molecule has 1 N–H and O–H groups in total. The van der Waals surface area contributed by atoms with Crippen LogP contribution in [0.15, 0.2) is 18.2 Å². The van der Waals surface area contributed by atoms with Crippen molar-refractivity contribution < 1.29 is 19.2 Å². The van der Waals surface area contributed by atoms with E-state index >= 15 is 0 Å². The molecule has 0 spiro atoms. The van der Waals surface area contributed by atoms with Crippen LogP contribution >= 0.6 is 0 Å². The van der Waals surface area contributed by atoms with Gasteiger partial charge >= 0.3 is 5.97 Å². The minimum absolute atomic E-state index is 0.182. The number of hydrogen-bond acceptors (Lipinski definition) is 6. The van der Waals surface area contributed by atoms with Crippen molar-refractivity contribution in [3.05, 3.63) is 23.8 Å². The van der Waals surface area contributed by atoms with Crippen molar-refractivity contribution >= 4 is 22.9 Å². The highest BCUT2D eigenvalue weighted by molar-refractivity contribution is 5.93. The van der Waals surface area contributed by atoms with E-state index in [-0.39, 0.29) is 12.5 Å². The van der Waals surface area contributed by atoms with Crippen molar-refractivity contribution in [2.45, 2.75) is 20.3 Å². The lowest BCUT2D eigenvalue weighted by atomic mass is 10.1. The van der Waals surface area contributed by atoms with Crippen LogP contribution in [-0.4, -0.2) is 47.3 Å². The molecule has 0 aliphatic rings. The van der Waals surface area contributed by atoms with Crippen molar-refractivity contribution in [1.82, 2.24) is 20.5 Å². The SMILES string of the molecule is COC(=O)c1ccc2nnn(OCC(=O)NCCC(C)C)c2c1. The molecule has 0 radical (unpaired) electrons. The van der Waals surface area contributed by atoms with Gasteiger partial charge in [0.1, 0.15) is 11.0 Å². The minimum Gasteiger partial charge on any atom is -0.465 e. The van der Waals surface area contributed by atoms with Gasteiger partial charge in [-0.25, -0.2) is 4.79 Å². The standard InChI is InChI=1S/C15H20N4O4/c1-10(2)6-7-16-14(20)9-23-19-13-8-11(15(21)22-3)4-5-12(13)17-18-19/h4-5,8,10H,6-7,9H2,1-3H3,(H,16,20). The Labute approximate surface area is 133 Å². The Kier molecular flexibility index (Phi) is 5.51. The van der Waals surface area contributed by atoms with Gasteiger partial charge in [-0.15, -0.1) is 5.10 Å². The molecule has 0 aliphatic heterocycles. The predicted molar refractivity (Wildman–Crippen MR) is 82.8 cm³/mol. The number of ether oxygens (including phenoxy) is 1. The van der Waals surface area contributed by atoms with E-state index in [0.717, 1.165) is 11.3 Å². The second-order valence-electron chi connectivity index (χ2n) is 5.46. The van der Waals surface area contributed by atoms with Gasteiger partial charge in [-0.2, -0.15) is 0 Å². The number of amides is 1. The molecule has 0 bridgehead atoms. The molecule has 0 aliphatic carbocycles. The summed E-state index contributed by atoms with van der Waals surface area (Å²) in [5.74, 6) is -0.184. The maximum absolute atomic E-state index is 11.7. The Hall–Kier alpha value is -2.64. The maximum Gasteiger partial charge on any atom is 0.337 e.